The van der Waals surface area contributed by atoms with Crippen molar-refractivity contribution in [2.45, 2.75) is 20.8 Å². The zero-order valence-corrected chi connectivity index (χ0v) is 24.5. The number of aryl methyl sites for hydroxylation is 3. The van der Waals surface area contributed by atoms with E-state index in [0.717, 1.165) is 44.9 Å². The van der Waals surface area contributed by atoms with Crippen LogP contribution in [0, 0.1) is 27.3 Å². The van der Waals surface area contributed by atoms with E-state index < -0.39 is 5.97 Å². The van der Waals surface area contributed by atoms with Gasteiger partial charge in [0.1, 0.15) is 0 Å². The van der Waals surface area contributed by atoms with E-state index in [0.29, 0.717) is 5.56 Å². The maximum Gasteiger partial charge on any atom is 0.333 e. The Morgan fingerprint density at radius 3 is 1.74 bits per heavy atom. The van der Waals surface area contributed by atoms with Crippen LogP contribution in [0.3, 0.4) is 0 Å². The molecule has 0 fully saturated rings. The number of benzene rings is 5. The Balaban J connectivity index is 1.56. The van der Waals surface area contributed by atoms with Crippen LogP contribution < -0.4 is 4.90 Å². The number of nitrogens with zero attached hydrogens (tertiary/aromatic N) is 2. The largest absolute Gasteiger partial charge is 0.486 e. The number of hydrogen-bond donors (Lipinski definition) is 1. The summed E-state index contributed by atoms with van der Waals surface area (Å²) >= 11 is 0. The fourth-order valence-corrected chi connectivity index (χ4v) is 5.07. The van der Waals surface area contributed by atoms with Gasteiger partial charge in [0.25, 0.3) is 5.70 Å². The monoisotopic (exact) mass is 560 g/mol. The van der Waals surface area contributed by atoms with Crippen molar-refractivity contribution in [3.8, 4) is 0 Å². The van der Waals surface area contributed by atoms with Crippen LogP contribution >= 0.6 is 0 Å². The first-order valence-corrected chi connectivity index (χ1v) is 14.1. The average Bonchev–Trinajstić information content (AvgIpc) is 3.02. The molecule has 0 bridgehead atoms. The lowest BCUT2D eigenvalue weighted by atomic mass is 9.95. The average molecular weight is 561 g/mol. The first-order valence-electron chi connectivity index (χ1n) is 14.1. The van der Waals surface area contributed by atoms with Crippen LogP contribution in [-0.4, -0.2) is 11.1 Å². The molecule has 5 aromatic rings. The molecule has 0 aliphatic carbocycles. The highest BCUT2D eigenvalue weighted by atomic mass is 16.4. The van der Waals surface area contributed by atoms with E-state index in [4.69, 9.17) is 6.57 Å². The maximum atomic E-state index is 11.3. The molecule has 0 radical (unpaired) electrons. The van der Waals surface area contributed by atoms with Gasteiger partial charge < -0.3 is 10.0 Å². The highest BCUT2D eigenvalue weighted by Gasteiger charge is 2.15. The Hall–Kier alpha value is -5.66. The van der Waals surface area contributed by atoms with E-state index >= 15 is 0 Å². The molecule has 1 N–H and O–H groups in total. The van der Waals surface area contributed by atoms with Gasteiger partial charge >= 0.3 is 5.97 Å². The van der Waals surface area contributed by atoms with E-state index in [1.807, 2.05) is 30.3 Å². The molecule has 0 aliphatic heterocycles. The van der Waals surface area contributed by atoms with Crippen molar-refractivity contribution < 1.29 is 9.90 Å². The van der Waals surface area contributed by atoms with Crippen molar-refractivity contribution in [1.29, 1.82) is 0 Å². The zero-order chi connectivity index (χ0) is 30.3. The molecular formula is C39H32N2O2. The number of anilines is 3. The van der Waals surface area contributed by atoms with Gasteiger partial charge in [0.2, 0.25) is 0 Å². The van der Waals surface area contributed by atoms with Crippen molar-refractivity contribution >= 4 is 40.8 Å². The van der Waals surface area contributed by atoms with Crippen LogP contribution in [0.5, 0.6) is 0 Å². The summed E-state index contributed by atoms with van der Waals surface area (Å²) in [7, 11) is 0. The Morgan fingerprint density at radius 2 is 1.21 bits per heavy atom. The molecule has 0 heterocycles. The standard InChI is InChI=1S/C39H32N2O2/c1-27-10-17-33(18-11-27)36(32-8-6-5-7-9-32)25-30-13-19-34(20-14-30)41(38-23-12-28(2)24-29(38)3)35-21-15-31(16-22-35)26-37(40-4)39(42)43/h5-26H,1-3H3,(H,42,43). The van der Waals surface area contributed by atoms with Crippen molar-refractivity contribution in [3.63, 3.8) is 0 Å². The molecule has 0 saturated carbocycles. The predicted molar refractivity (Wildman–Crippen MR) is 177 cm³/mol. The molecule has 0 aliphatic rings. The number of carboxylic acids is 1. The van der Waals surface area contributed by atoms with E-state index in [-0.39, 0.29) is 5.70 Å². The minimum absolute atomic E-state index is 0.317. The lowest BCUT2D eigenvalue weighted by Crippen LogP contribution is -2.11. The molecule has 0 unspecified atom stereocenters. The van der Waals surface area contributed by atoms with Crippen LogP contribution in [0.1, 0.15) is 38.9 Å². The first kappa shape index (κ1) is 28.9. The van der Waals surface area contributed by atoms with E-state index in [1.54, 1.807) is 0 Å². The fraction of sp³-hybridized carbons (Fsp3) is 0.0769. The minimum atomic E-state index is -1.23. The number of aliphatic carboxylic acids is 1. The molecule has 43 heavy (non-hydrogen) atoms. The van der Waals surface area contributed by atoms with Gasteiger partial charge in [-0.2, -0.15) is 0 Å². The maximum absolute atomic E-state index is 11.3. The second-order valence-corrected chi connectivity index (χ2v) is 10.5. The third-order valence-electron chi connectivity index (χ3n) is 7.30. The summed E-state index contributed by atoms with van der Waals surface area (Å²) in [6.45, 7) is 13.4. The summed E-state index contributed by atoms with van der Waals surface area (Å²) in [6.07, 6.45) is 3.61. The molecule has 0 saturated heterocycles. The van der Waals surface area contributed by atoms with Crippen LogP contribution in [0.15, 0.2) is 127 Å². The molecule has 210 valence electrons. The Labute approximate surface area is 253 Å². The van der Waals surface area contributed by atoms with Gasteiger partial charge in [-0.15, -0.1) is 0 Å². The summed E-state index contributed by atoms with van der Waals surface area (Å²) in [5.74, 6) is -1.23. The second-order valence-electron chi connectivity index (χ2n) is 10.5. The van der Waals surface area contributed by atoms with Crippen LogP contribution in [0.2, 0.25) is 0 Å². The minimum Gasteiger partial charge on any atom is -0.486 e. The van der Waals surface area contributed by atoms with Gasteiger partial charge in [0, 0.05) is 17.1 Å². The van der Waals surface area contributed by atoms with Crippen molar-refractivity contribution in [1.82, 2.24) is 0 Å². The zero-order valence-electron chi connectivity index (χ0n) is 24.5. The van der Waals surface area contributed by atoms with Gasteiger partial charge in [0.05, 0.1) is 6.57 Å². The third kappa shape index (κ3) is 6.81. The topological polar surface area (TPSA) is 44.9 Å². The summed E-state index contributed by atoms with van der Waals surface area (Å²) in [5.41, 5.74) is 11.4. The Bertz CT molecular complexity index is 1840. The predicted octanol–water partition coefficient (Wildman–Crippen LogP) is 10.0. The van der Waals surface area contributed by atoms with Gasteiger partial charge in [-0.3, -0.25) is 4.79 Å². The third-order valence-corrected chi connectivity index (χ3v) is 7.30. The molecule has 4 heteroatoms. The molecule has 5 aromatic carbocycles. The Kier molecular flexibility index (Phi) is 8.65. The second kappa shape index (κ2) is 12.9. The molecule has 0 amide bonds. The molecule has 0 spiro atoms. The van der Waals surface area contributed by atoms with E-state index in [1.165, 1.54) is 17.2 Å². The normalized spacial score (nSPS) is 11.6. The molecule has 5 rings (SSSR count). The number of rotatable bonds is 8. The van der Waals surface area contributed by atoms with Gasteiger partial charge in [-0.05, 0) is 96.6 Å². The van der Waals surface area contributed by atoms with Crippen molar-refractivity contribution in [3.05, 3.63) is 177 Å². The lowest BCUT2D eigenvalue weighted by molar-refractivity contribution is -0.132. The van der Waals surface area contributed by atoms with E-state index in [2.05, 4.69) is 128 Å². The highest BCUT2D eigenvalue weighted by Crippen LogP contribution is 2.37. The molecule has 0 atom stereocenters. The van der Waals surface area contributed by atoms with Gasteiger partial charge in [-0.1, -0.05) is 102 Å². The van der Waals surface area contributed by atoms with Crippen LogP contribution in [0.4, 0.5) is 17.1 Å². The Morgan fingerprint density at radius 1 is 0.674 bits per heavy atom. The highest BCUT2D eigenvalue weighted by molar-refractivity contribution is 5.94. The summed E-state index contributed by atoms with van der Waals surface area (Å²) in [6, 6.07) is 41.5. The summed E-state index contributed by atoms with van der Waals surface area (Å²) < 4.78 is 0. The quantitative estimate of drug-likeness (QED) is 0.117. The lowest BCUT2D eigenvalue weighted by Gasteiger charge is -2.27. The fourth-order valence-electron chi connectivity index (χ4n) is 5.07. The summed E-state index contributed by atoms with van der Waals surface area (Å²) in [5, 5.41) is 9.25. The SMILES string of the molecule is [C-]#[N+]C(=Cc1ccc(N(c2ccc(C=C(c3ccccc3)c3ccc(C)cc3)cc2)c2ccc(C)cc2C)cc1)C(=O)O. The number of carboxylic acid groups (broad SMARTS) is 1. The van der Waals surface area contributed by atoms with E-state index in [9.17, 15) is 9.90 Å². The van der Waals surface area contributed by atoms with Gasteiger partial charge in [-0.25, -0.2) is 4.85 Å². The summed E-state index contributed by atoms with van der Waals surface area (Å²) in [4.78, 5) is 16.6. The number of hydrogen-bond acceptors (Lipinski definition) is 2. The number of carbonyl (C=O) groups is 1. The first-order chi connectivity index (χ1) is 20.8. The van der Waals surface area contributed by atoms with Gasteiger partial charge in [0.15, 0.2) is 0 Å². The van der Waals surface area contributed by atoms with Crippen LogP contribution in [-0.2, 0) is 4.79 Å². The van der Waals surface area contributed by atoms with Crippen molar-refractivity contribution in [2.75, 3.05) is 4.90 Å². The van der Waals surface area contributed by atoms with Crippen LogP contribution in [0.25, 0.3) is 22.6 Å². The molecule has 0 aromatic heterocycles. The molecule has 4 nitrogen and oxygen atoms in total. The molecular weight excluding hydrogens is 528 g/mol. The smallest absolute Gasteiger partial charge is 0.333 e. The van der Waals surface area contributed by atoms with Crippen molar-refractivity contribution in [2.24, 2.45) is 0 Å².